The molecule has 0 amide bonds. The first-order valence-electron chi connectivity index (χ1n) is 8.75. The first-order chi connectivity index (χ1) is 11.2. The van der Waals surface area contributed by atoms with Gasteiger partial charge in [0.05, 0.1) is 11.5 Å². The molecule has 0 bridgehead atoms. The zero-order valence-corrected chi connectivity index (χ0v) is 15.1. The Morgan fingerprint density at radius 1 is 1.29 bits per heavy atom. The number of ketones is 2. The molecule has 2 aliphatic rings. The summed E-state index contributed by atoms with van der Waals surface area (Å²) in [5, 5.41) is 10.5. The number of hydrogen-bond donors (Lipinski definition) is 1. The average Bonchev–Trinajstić information content (AvgIpc) is 2.49. The number of hydrogen-bond acceptors (Lipinski definition) is 4. The monoisotopic (exact) mass is 330 g/mol. The molecule has 1 saturated carbocycles. The molecule has 1 fully saturated rings. The van der Waals surface area contributed by atoms with Gasteiger partial charge in [-0.05, 0) is 44.2 Å². The van der Waals surface area contributed by atoms with Crippen LogP contribution in [0.15, 0.2) is 6.07 Å². The van der Waals surface area contributed by atoms with Crippen molar-refractivity contribution in [1.29, 1.82) is 0 Å². The maximum atomic E-state index is 12.5. The molecule has 4 heteroatoms. The Labute approximate surface area is 143 Å². The van der Waals surface area contributed by atoms with Gasteiger partial charge in [-0.25, -0.2) is 0 Å². The summed E-state index contributed by atoms with van der Waals surface area (Å²) >= 11 is 0. The van der Waals surface area contributed by atoms with Crippen LogP contribution in [-0.2, 0) is 11.2 Å². The Morgan fingerprint density at radius 3 is 2.58 bits per heavy atom. The SMILES string of the molecule is CC(=O)c1cc(C)c2c(c1O)C[C@@H](C)[C@@]1(CC(C)CC(=O)C1C)O2. The van der Waals surface area contributed by atoms with Crippen molar-refractivity contribution >= 4 is 11.6 Å². The quantitative estimate of drug-likeness (QED) is 0.795. The lowest BCUT2D eigenvalue weighted by atomic mass is 9.63. The van der Waals surface area contributed by atoms with E-state index in [0.717, 1.165) is 12.0 Å². The molecule has 1 aromatic rings. The van der Waals surface area contributed by atoms with Gasteiger partial charge < -0.3 is 9.84 Å². The molecule has 4 atom stereocenters. The van der Waals surface area contributed by atoms with Crippen molar-refractivity contribution in [2.75, 3.05) is 0 Å². The minimum Gasteiger partial charge on any atom is -0.507 e. The maximum absolute atomic E-state index is 12.5. The lowest BCUT2D eigenvalue weighted by Gasteiger charge is -2.51. The van der Waals surface area contributed by atoms with E-state index < -0.39 is 5.60 Å². The van der Waals surface area contributed by atoms with Gasteiger partial charge in [0.2, 0.25) is 0 Å². The summed E-state index contributed by atoms with van der Waals surface area (Å²) in [6, 6.07) is 1.69. The molecule has 1 spiro atoms. The van der Waals surface area contributed by atoms with Gasteiger partial charge >= 0.3 is 0 Å². The van der Waals surface area contributed by atoms with Crippen molar-refractivity contribution in [3.63, 3.8) is 0 Å². The van der Waals surface area contributed by atoms with Gasteiger partial charge in [-0.3, -0.25) is 9.59 Å². The fourth-order valence-electron chi connectivity index (χ4n) is 4.57. The molecule has 1 aliphatic carbocycles. The minimum atomic E-state index is -0.517. The van der Waals surface area contributed by atoms with Crippen LogP contribution >= 0.6 is 0 Å². The molecule has 2 unspecified atom stereocenters. The summed E-state index contributed by atoms with van der Waals surface area (Å²) in [6.45, 7) is 9.50. The third kappa shape index (κ3) is 2.35. The zero-order valence-electron chi connectivity index (χ0n) is 15.1. The Balaban J connectivity index is 2.13. The fraction of sp³-hybridized carbons (Fsp3) is 0.600. The number of phenolic OH excluding ortho intramolecular Hbond substituents is 1. The van der Waals surface area contributed by atoms with Gasteiger partial charge in [0.25, 0.3) is 0 Å². The van der Waals surface area contributed by atoms with Crippen LogP contribution in [0.3, 0.4) is 0 Å². The molecular formula is C20H26O4. The zero-order chi connectivity index (χ0) is 17.8. The Hall–Kier alpha value is -1.84. The lowest BCUT2D eigenvalue weighted by Crippen LogP contribution is -2.57. The van der Waals surface area contributed by atoms with E-state index in [1.165, 1.54) is 6.92 Å². The summed E-state index contributed by atoms with van der Waals surface area (Å²) < 4.78 is 6.48. The van der Waals surface area contributed by atoms with Gasteiger partial charge in [-0.1, -0.05) is 20.8 Å². The highest BCUT2D eigenvalue weighted by Gasteiger charge is 2.53. The van der Waals surface area contributed by atoms with Crippen molar-refractivity contribution < 1.29 is 19.4 Å². The number of phenols is 1. The minimum absolute atomic E-state index is 0.0348. The highest BCUT2D eigenvalue weighted by Crippen LogP contribution is 2.51. The number of carbonyl (C=O) groups excluding carboxylic acids is 2. The van der Waals surface area contributed by atoms with E-state index in [1.54, 1.807) is 6.07 Å². The predicted octanol–water partition coefficient (Wildman–Crippen LogP) is 3.85. The molecule has 1 N–H and O–H groups in total. The van der Waals surface area contributed by atoms with E-state index in [-0.39, 0.29) is 29.2 Å². The molecule has 0 aromatic heterocycles. The van der Waals surface area contributed by atoms with Crippen molar-refractivity contribution in [2.24, 2.45) is 17.8 Å². The highest BCUT2D eigenvalue weighted by molar-refractivity contribution is 5.98. The van der Waals surface area contributed by atoms with Gasteiger partial charge in [0.1, 0.15) is 22.9 Å². The van der Waals surface area contributed by atoms with Crippen LogP contribution in [0.4, 0.5) is 0 Å². The molecule has 1 aliphatic heterocycles. The molecular weight excluding hydrogens is 304 g/mol. The third-order valence-electron chi connectivity index (χ3n) is 5.98. The summed E-state index contributed by atoms with van der Waals surface area (Å²) in [5.74, 6) is 1.03. The number of aryl methyl sites for hydroxylation is 1. The molecule has 0 radical (unpaired) electrons. The fourth-order valence-corrected chi connectivity index (χ4v) is 4.57. The van der Waals surface area contributed by atoms with Gasteiger partial charge in [0, 0.05) is 17.9 Å². The van der Waals surface area contributed by atoms with Crippen LogP contribution < -0.4 is 4.74 Å². The lowest BCUT2D eigenvalue weighted by molar-refractivity contribution is -0.144. The molecule has 130 valence electrons. The van der Waals surface area contributed by atoms with Gasteiger partial charge in [-0.15, -0.1) is 0 Å². The normalized spacial score (nSPS) is 32.4. The number of fused-ring (bicyclic) bond motifs is 1. The third-order valence-corrected chi connectivity index (χ3v) is 5.98. The van der Waals surface area contributed by atoms with E-state index in [9.17, 15) is 14.7 Å². The molecule has 24 heavy (non-hydrogen) atoms. The van der Waals surface area contributed by atoms with Crippen molar-refractivity contribution in [3.05, 3.63) is 22.8 Å². The van der Waals surface area contributed by atoms with E-state index >= 15 is 0 Å². The van der Waals surface area contributed by atoms with Crippen LogP contribution in [0.2, 0.25) is 0 Å². The number of rotatable bonds is 1. The van der Waals surface area contributed by atoms with Gasteiger partial charge in [0.15, 0.2) is 5.78 Å². The van der Waals surface area contributed by atoms with E-state index in [1.807, 2.05) is 13.8 Å². The van der Waals surface area contributed by atoms with Crippen LogP contribution in [0, 0.1) is 24.7 Å². The molecule has 1 heterocycles. The molecule has 0 saturated heterocycles. The topological polar surface area (TPSA) is 63.6 Å². The van der Waals surface area contributed by atoms with Gasteiger partial charge in [-0.2, -0.15) is 0 Å². The summed E-state index contributed by atoms with van der Waals surface area (Å²) in [6.07, 6.45) is 2.07. The van der Waals surface area contributed by atoms with Crippen molar-refractivity contribution in [3.8, 4) is 11.5 Å². The number of Topliss-reactive ketones (excluding diaryl/α,β-unsaturated/α-hetero) is 2. The largest absolute Gasteiger partial charge is 0.507 e. The summed E-state index contributed by atoms with van der Waals surface area (Å²) in [7, 11) is 0. The number of ether oxygens (including phenoxy) is 1. The first-order valence-corrected chi connectivity index (χ1v) is 8.75. The maximum Gasteiger partial charge on any atom is 0.163 e. The Bertz CT molecular complexity index is 721. The second kappa shape index (κ2) is 5.61. The van der Waals surface area contributed by atoms with E-state index in [0.29, 0.717) is 35.6 Å². The number of carbonyl (C=O) groups is 2. The second-order valence-corrected chi connectivity index (χ2v) is 7.82. The highest BCUT2D eigenvalue weighted by atomic mass is 16.5. The Morgan fingerprint density at radius 2 is 1.96 bits per heavy atom. The summed E-state index contributed by atoms with van der Waals surface area (Å²) in [4.78, 5) is 24.2. The van der Waals surface area contributed by atoms with Crippen LogP contribution in [-0.4, -0.2) is 22.3 Å². The summed E-state index contributed by atoms with van der Waals surface area (Å²) in [5.41, 5.74) is 1.38. The molecule has 1 aromatic carbocycles. The average molecular weight is 330 g/mol. The van der Waals surface area contributed by atoms with Crippen molar-refractivity contribution in [2.45, 2.75) is 59.5 Å². The smallest absolute Gasteiger partial charge is 0.163 e. The predicted molar refractivity (Wildman–Crippen MR) is 91.6 cm³/mol. The number of aromatic hydroxyl groups is 1. The van der Waals surface area contributed by atoms with Crippen molar-refractivity contribution in [1.82, 2.24) is 0 Å². The standard InChI is InChI=1S/C20H26O4/c1-10-6-17(22)13(4)20(9-10)12(3)8-16-18(23)15(14(5)21)7-11(2)19(16)24-20/h7,10,12-13,23H,6,8-9H2,1-5H3/t10?,12-,13?,20-/m1/s1. The number of benzene rings is 1. The van der Waals surface area contributed by atoms with Crippen LogP contribution in [0.5, 0.6) is 11.5 Å². The van der Waals surface area contributed by atoms with Crippen LogP contribution in [0.1, 0.15) is 62.0 Å². The first kappa shape index (κ1) is 17.0. The Kier molecular flexibility index (Phi) is 3.97. The molecule has 4 nitrogen and oxygen atoms in total. The van der Waals surface area contributed by atoms with Crippen LogP contribution in [0.25, 0.3) is 0 Å². The second-order valence-electron chi connectivity index (χ2n) is 7.82. The van der Waals surface area contributed by atoms with E-state index in [2.05, 4.69) is 13.8 Å². The van der Waals surface area contributed by atoms with E-state index in [4.69, 9.17) is 4.74 Å². The molecule has 3 rings (SSSR count).